The molecule has 0 radical (unpaired) electrons. The molecule has 0 N–H and O–H groups in total. The normalized spacial score (nSPS) is 18.8. The van der Waals surface area contributed by atoms with Crippen LogP contribution in [0.3, 0.4) is 0 Å². The van der Waals surface area contributed by atoms with Crippen molar-refractivity contribution in [2.24, 2.45) is 0 Å². The number of aromatic nitrogens is 10. The zero-order valence-electron chi connectivity index (χ0n) is 33.7. The summed E-state index contributed by atoms with van der Waals surface area (Å²) in [6.45, 7) is 8.49. The lowest BCUT2D eigenvalue weighted by Crippen LogP contribution is -2.52. The molecule has 0 aromatic carbocycles. The minimum atomic E-state index is -0.478. The zero-order valence-corrected chi connectivity index (χ0v) is 33.7. The molecule has 0 amide bonds. The van der Waals surface area contributed by atoms with Crippen molar-refractivity contribution in [1.82, 2.24) is 49.8 Å². The van der Waals surface area contributed by atoms with Crippen molar-refractivity contribution in [3.63, 3.8) is 0 Å². The second kappa shape index (κ2) is 16.7. The van der Waals surface area contributed by atoms with E-state index in [0.717, 1.165) is 54.4 Å². The molecule has 0 bridgehead atoms. The molecule has 2 unspecified atom stereocenters. The summed E-state index contributed by atoms with van der Waals surface area (Å²) in [5.41, 5.74) is 4.79. The Labute approximate surface area is 345 Å². The molecule has 6 aromatic rings. The minimum absolute atomic E-state index is 0.0234. The van der Waals surface area contributed by atoms with Gasteiger partial charge in [-0.1, -0.05) is 0 Å². The predicted octanol–water partition coefficient (Wildman–Crippen LogP) is 4.85. The largest absolute Gasteiger partial charge is 0.378 e. The number of pyridine rings is 2. The summed E-state index contributed by atoms with van der Waals surface area (Å²) >= 11 is 0. The third-order valence-corrected chi connectivity index (χ3v) is 11.5. The lowest BCUT2D eigenvalue weighted by atomic mass is 9.99. The molecule has 2 atom stereocenters. The van der Waals surface area contributed by atoms with E-state index >= 15 is 0 Å². The molecule has 4 aliphatic rings. The number of hydrogen-bond acceptors (Lipinski definition) is 16. The lowest BCUT2D eigenvalue weighted by Gasteiger charge is -2.41. The molecule has 0 saturated carbocycles. The Balaban J connectivity index is 0.000000154. The van der Waals surface area contributed by atoms with Gasteiger partial charge in [-0.25, -0.2) is 54.2 Å². The van der Waals surface area contributed by atoms with Gasteiger partial charge in [-0.05, 0) is 26.0 Å². The Morgan fingerprint density at radius 2 is 1.03 bits per heavy atom. The van der Waals surface area contributed by atoms with Crippen LogP contribution >= 0.6 is 0 Å². The Morgan fingerprint density at radius 3 is 1.55 bits per heavy atom. The second-order valence-electron chi connectivity index (χ2n) is 15.1. The number of ether oxygens (including phenoxy) is 2. The summed E-state index contributed by atoms with van der Waals surface area (Å²) in [5, 5.41) is 0. The number of anilines is 4. The molecular weight excluding hydrogens is 771 g/mol. The quantitative estimate of drug-likeness (QED) is 0.192. The molecule has 6 aromatic heterocycles. The molecule has 16 nitrogen and oxygen atoms in total. The summed E-state index contributed by atoms with van der Waals surface area (Å²) in [4.78, 5) is 52.4. The van der Waals surface area contributed by atoms with Gasteiger partial charge in [-0.2, -0.15) is 4.39 Å². The van der Waals surface area contributed by atoms with Crippen LogP contribution in [0.1, 0.15) is 48.4 Å². The molecule has 10 heterocycles. The monoisotopic (exact) mass is 814 g/mol. The summed E-state index contributed by atoms with van der Waals surface area (Å²) in [6.07, 6.45) is 12.2. The molecule has 308 valence electrons. The number of methoxy groups -OCH3 is 2. The minimum Gasteiger partial charge on any atom is -0.378 e. The molecular formula is C42H44F2N14O2. The number of rotatable bonds is 8. The van der Waals surface area contributed by atoms with Gasteiger partial charge in [0, 0.05) is 145 Å². The van der Waals surface area contributed by atoms with Crippen molar-refractivity contribution in [3.05, 3.63) is 108 Å². The Kier molecular flexibility index (Phi) is 10.9. The van der Waals surface area contributed by atoms with Crippen LogP contribution in [0.4, 0.5) is 31.9 Å². The Bertz CT molecular complexity index is 2290. The van der Waals surface area contributed by atoms with Crippen LogP contribution in [0.25, 0.3) is 23.3 Å². The molecule has 0 spiro atoms. The van der Waals surface area contributed by atoms with Crippen LogP contribution in [-0.2, 0) is 22.3 Å². The molecule has 0 aliphatic carbocycles. The van der Waals surface area contributed by atoms with Crippen LogP contribution in [0.5, 0.6) is 0 Å². The molecule has 2 saturated heterocycles. The van der Waals surface area contributed by atoms with Crippen molar-refractivity contribution in [2.75, 3.05) is 73.1 Å². The average molecular weight is 815 g/mol. The van der Waals surface area contributed by atoms with E-state index in [2.05, 4.69) is 73.4 Å². The number of fused-ring (bicyclic) bond motifs is 2. The third-order valence-electron chi connectivity index (χ3n) is 11.5. The maximum absolute atomic E-state index is 14.4. The SMILES string of the molecule is COC1CN(c2cc(F)cc(N3CCc4nc(-c5ncccn5)ncc4C3C)n2)C1.COC1CN(c2cc(F)nc(N3CCc4nc(-c5ncccn5)ncc4C3C)c2)C1. The maximum atomic E-state index is 14.4. The van der Waals surface area contributed by atoms with Crippen molar-refractivity contribution in [2.45, 2.75) is 51.0 Å². The first-order valence-electron chi connectivity index (χ1n) is 19.9. The highest BCUT2D eigenvalue weighted by atomic mass is 19.1. The average Bonchev–Trinajstić information content (AvgIpc) is 3.23. The third kappa shape index (κ3) is 7.87. The first-order valence-corrected chi connectivity index (χ1v) is 19.9. The van der Waals surface area contributed by atoms with E-state index in [0.29, 0.717) is 66.7 Å². The van der Waals surface area contributed by atoms with Crippen LogP contribution in [0.2, 0.25) is 0 Å². The van der Waals surface area contributed by atoms with Gasteiger partial charge < -0.3 is 29.1 Å². The van der Waals surface area contributed by atoms with Crippen LogP contribution < -0.4 is 19.6 Å². The predicted molar refractivity (Wildman–Crippen MR) is 219 cm³/mol. The summed E-state index contributed by atoms with van der Waals surface area (Å²) in [5.74, 6) is 3.18. The molecule has 2 fully saturated rings. The standard InChI is InChI=1S/2C21H22FN7O/c1-13-16-10-25-21(20-23-5-3-6-24-20)26-17(16)4-7-29(13)19-9-14(8-18(22)27-19)28-11-15(12-28)30-2;1-13-16-10-25-21(20-23-5-3-6-24-20)26-17(16)4-7-29(13)19-9-14(22)8-18(27-19)28-11-15(12-28)30-2/h2*3,5-6,8-10,13,15H,4,7,11-12H2,1-2H3. The Morgan fingerprint density at radius 1 is 0.550 bits per heavy atom. The number of halogens is 2. The van der Waals surface area contributed by atoms with E-state index in [4.69, 9.17) is 14.5 Å². The maximum Gasteiger partial charge on any atom is 0.216 e. The van der Waals surface area contributed by atoms with Crippen molar-refractivity contribution in [3.8, 4) is 23.3 Å². The fourth-order valence-electron chi connectivity index (χ4n) is 7.95. The molecule has 4 aliphatic heterocycles. The van der Waals surface area contributed by atoms with Crippen LogP contribution in [-0.4, -0.2) is 116 Å². The molecule has 60 heavy (non-hydrogen) atoms. The topological polar surface area (TPSA) is 160 Å². The van der Waals surface area contributed by atoms with Crippen molar-refractivity contribution in [1.29, 1.82) is 0 Å². The fraction of sp³-hybridized carbons (Fsp3) is 0.381. The van der Waals surface area contributed by atoms with Gasteiger partial charge >= 0.3 is 0 Å². The Hall–Kier alpha value is -6.40. The highest BCUT2D eigenvalue weighted by Crippen LogP contribution is 2.36. The van der Waals surface area contributed by atoms with Gasteiger partial charge in [0.05, 0.1) is 35.7 Å². The number of hydrogen-bond donors (Lipinski definition) is 0. The van der Waals surface area contributed by atoms with E-state index in [1.165, 1.54) is 18.2 Å². The first kappa shape index (κ1) is 39.1. The van der Waals surface area contributed by atoms with Gasteiger partial charge in [0.25, 0.3) is 0 Å². The van der Waals surface area contributed by atoms with Gasteiger partial charge in [0.2, 0.25) is 5.95 Å². The van der Waals surface area contributed by atoms with Crippen molar-refractivity contribution >= 4 is 23.1 Å². The van der Waals surface area contributed by atoms with E-state index in [-0.39, 0.29) is 30.1 Å². The summed E-state index contributed by atoms with van der Waals surface area (Å²) in [6, 6.07) is 9.87. The van der Waals surface area contributed by atoms with Gasteiger partial charge in [-0.15, -0.1) is 0 Å². The van der Waals surface area contributed by atoms with Crippen LogP contribution in [0, 0.1) is 11.8 Å². The van der Waals surface area contributed by atoms with Gasteiger partial charge in [0.15, 0.2) is 23.3 Å². The number of nitrogens with zero attached hydrogens (tertiary/aromatic N) is 14. The highest BCUT2D eigenvalue weighted by Gasteiger charge is 2.33. The van der Waals surface area contributed by atoms with E-state index in [1.807, 2.05) is 23.4 Å². The highest BCUT2D eigenvalue weighted by molar-refractivity contribution is 5.59. The van der Waals surface area contributed by atoms with E-state index < -0.39 is 5.95 Å². The second-order valence-corrected chi connectivity index (χ2v) is 15.1. The lowest BCUT2D eigenvalue weighted by molar-refractivity contribution is 0.0782. The van der Waals surface area contributed by atoms with Gasteiger partial charge in [0.1, 0.15) is 23.3 Å². The van der Waals surface area contributed by atoms with Crippen LogP contribution in [0.15, 0.2) is 73.6 Å². The molecule has 10 rings (SSSR count). The first-order chi connectivity index (χ1) is 29.2. The van der Waals surface area contributed by atoms with Crippen molar-refractivity contribution < 1.29 is 18.3 Å². The van der Waals surface area contributed by atoms with E-state index in [1.54, 1.807) is 51.1 Å². The summed E-state index contributed by atoms with van der Waals surface area (Å²) < 4.78 is 39.3. The summed E-state index contributed by atoms with van der Waals surface area (Å²) in [7, 11) is 3.39. The van der Waals surface area contributed by atoms with Gasteiger partial charge in [-0.3, -0.25) is 0 Å². The smallest absolute Gasteiger partial charge is 0.216 e. The fourth-order valence-corrected chi connectivity index (χ4v) is 7.95. The van der Waals surface area contributed by atoms with E-state index in [9.17, 15) is 8.78 Å². The zero-order chi connectivity index (χ0) is 41.3. The molecule has 18 heteroatoms.